The summed E-state index contributed by atoms with van der Waals surface area (Å²) in [6.07, 6.45) is 3.44. The monoisotopic (exact) mass is 254 g/mol. The summed E-state index contributed by atoms with van der Waals surface area (Å²) in [6, 6.07) is -1.27. The van der Waals surface area contributed by atoms with Crippen LogP contribution in [0.3, 0.4) is 0 Å². The third kappa shape index (κ3) is 3.56. The topological polar surface area (TPSA) is 90.4 Å². The first-order valence-electron chi connectivity index (χ1n) is 5.60. The molecule has 0 saturated carbocycles. The van der Waals surface area contributed by atoms with Gasteiger partial charge in [0.05, 0.1) is 12.8 Å². The molecule has 18 heavy (non-hydrogen) atoms. The molecule has 0 aromatic carbocycles. The van der Waals surface area contributed by atoms with Gasteiger partial charge >= 0.3 is 5.97 Å². The highest BCUT2D eigenvalue weighted by Crippen LogP contribution is 2.03. The number of nitrogens with zero attached hydrogens (tertiary/aromatic N) is 3. The predicted molar refractivity (Wildman–Crippen MR) is 64.3 cm³/mol. The minimum atomic E-state index is -1.27. The van der Waals surface area contributed by atoms with E-state index in [0.29, 0.717) is 6.54 Å². The highest BCUT2D eigenvalue weighted by Gasteiger charge is 2.26. The van der Waals surface area contributed by atoms with E-state index in [9.17, 15) is 9.59 Å². The number of carbonyl (C=O) groups is 2. The molecule has 0 radical (unpaired) electrons. The third-order valence-corrected chi connectivity index (χ3v) is 2.36. The average Bonchev–Trinajstić information content (AvgIpc) is 2.73. The molecule has 0 aliphatic carbocycles. The average molecular weight is 254 g/mol. The van der Waals surface area contributed by atoms with E-state index in [-0.39, 0.29) is 6.61 Å². The van der Waals surface area contributed by atoms with Gasteiger partial charge < -0.3 is 15.4 Å². The van der Waals surface area contributed by atoms with Crippen LogP contribution in [0, 0.1) is 0 Å². The smallest absolute Gasteiger partial charge is 0.332 e. The molecule has 100 valence electrons. The quantitative estimate of drug-likeness (QED) is 0.552. The molecule has 7 nitrogen and oxygen atoms in total. The molecule has 0 fully saturated rings. The van der Waals surface area contributed by atoms with E-state index in [1.807, 2.05) is 0 Å². The maximum Gasteiger partial charge on any atom is 0.332 e. The van der Waals surface area contributed by atoms with Crippen molar-refractivity contribution in [1.29, 1.82) is 0 Å². The second kappa shape index (κ2) is 6.15. The Bertz CT molecular complexity index is 430. The van der Waals surface area contributed by atoms with E-state index in [1.165, 1.54) is 4.90 Å². The van der Waals surface area contributed by atoms with Crippen molar-refractivity contribution < 1.29 is 14.3 Å². The number of rotatable bonds is 5. The summed E-state index contributed by atoms with van der Waals surface area (Å²) in [5.41, 5.74) is 6.39. The zero-order valence-corrected chi connectivity index (χ0v) is 10.8. The van der Waals surface area contributed by atoms with Gasteiger partial charge in [0.2, 0.25) is 0 Å². The summed E-state index contributed by atoms with van der Waals surface area (Å²) >= 11 is 0. The summed E-state index contributed by atoms with van der Waals surface area (Å²) in [4.78, 5) is 24.6. The Labute approximate surface area is 105 Å². The molecule has 1 unspecified atom stereocenters. The molecular formula is C11H18N4O3. The zero-order chi connectivity index (χ0) is 13.7. The van der Waals surface area contributed by atoms with Crippen molar-refractivity contribution in [1.82, 2.24) is 14.7 Å². The molecule has 1 amide bonds. The van der Waals surface area contributed by atoms with E-state index in [2.05, 4.69) is 5.10 Å². The van der Waals surface area contributed by atoms with Gasteiger partial charge in [-0.15, -0.1) is 0 Å². The molecule has 0 aliphatic heterocycles. The number of amides is 1. The fourth-order valence-electron chi connectivity index (χ4n) is 1.48. The molecule has 0 aliphatic rings. The number of aryl methyl sites for hydroxylation is 1. The number of hydrogen-bond acceptors (Lipinski definition) is 5. The highest BCUT2D eigenvalue weighted by atomic mass is 16.5. The van der Waals surface area contributed by atoms with Crippen LogP contribution in [0.5, 0.6) is 0 Å². The van der Waals surface area contributed by atoms with Crippen LogP contribution in [0.2, 0.25) is 0 Å². The van der Waals surface area contributed by atoms with Crippen LogP contribution in [0.1, 0.15) is 12.5 Å². The number of esters is 1. The zero-order valence-electron chi connectivity index (χ0n) is 10.8. The molecule has 1 heterocycles. The van der Waals surface area contributed by atoms with Gasteiger partial charge in [-0.1, -0.05) is 0 Å². The summed E-state index contributed by atoms with van der Waals surface area (Å²) in [6.45, 7) is 2.21. The number of likely N-dealkylation sites (N-methyl/N-ethyl adjacent to an activating group) is 1. The summed E-state index contributed by atoms with van der Waals surface area (Å²) < 4.78 is 6.34. The minimum Gasteiger partial charge on any atom is -0.464 e. The Hall–Kier alpha value is -1.89. The van der Waals surface area contributed by atoms with E-state index in [0.717, 1.165) is 5.56 Å². The second-order valence-corrected chi connectivity index (χ2v) is 3.95. The van der Waals surface area contributed by atoms with Crippen LogP contribution in [-0.4, -0.2) is 46.3 Å². The lowest BCUT2D eigenvalue weighted by molar-refractivity contribution is -0.150. The molecule has 0 saturated heterocycles. The van der Waals surface area contributed by atoms with Crippen molar-refractivity contribution in [3.05, 3.63) is 18.0 Å². The van der Waals surface area contributed by atoms with Crippen LogP contribution < -0.4 is 5.73 Å². The predicted octanol–water partition coefficient (Wildman–Crippen LogP) is -0.731. The number of carbonyl (C=O) groups excluding carboxylic acids is 2. The first kappa shape index (κ1) is 14.2. The van der Waals surface area contributed by atoms with Gasteiger partial charge in [-0.3, -0.25) is 9.48 Å². The van der Waals surface area contributed by atoms with Crippen molar-refractivity contribution in [2.24, 2.45) is 12.8 Å². The van der Waals surface area contributed by atoms with Crippen molar-refractivity contribution >= 4 is 11.9 Å². The molecule has 2 N–H and O–H groups in total. The van der Waals surface area contributed by atoms with Crippen LogP contribution in [0.15, 0.2) is 12.4 Å². The normalized spacial score (nSPS) is 12.0. The second-order valence-electron chi connectivity index (χ2n) is 3.95. The SMILES string of the molecule is CCOC(=O)C(N)C(=O)N(C)Cc1cnn(C)c1. The van der Waals surface area contributed by atoms with Crippen molar-refractivity contribution in [3.63, 3.8) is 0 Å². The van der Waals surface area contributed by atoms with Crippen molar-refractivity contribution in [2.45, 2.75) is 19.5 Å². The van der Waals surface area contributed by atoms with Crippen LogP contribution in [-0.2, 0) is 27.9 Å². The van der Waals surface area contributed by atoms with Gasteiger partial charge in [-0.2, -0.15) is 5.10 Å². The maximum atomic E-state index is 11.8. The summed E-state index contributed by atoms with van der Waals surface area (Å²) in [7, 11) is 3.37. The Morgan fingerprint density at radius 2 is 2.28 bits per heavy atom. The Morgan fingerprint density at radius 3 is 2.78 bits per heavy atom. The molecule has 0 bridgehead atoms. The lowest BCUT2D eigenvalue weighted by Crippen LogP contribution is -2.47. The maximum absolute atomic E-state index is 11.8. The lowest BCUT2D eigenvalue weighted by Gasteiger charge is -2.19. The highest BCUT2D eigenvalue weighted by molar-refractivity contribution is 6.01. The van der Waals surface area contributed by atoms with Crippen LogP contribution >= 0.6 is 0 Å². The van der Waals surface area contributed by atoms with E-state index in [4.69, 9.17) is 10.5 Å². The molecule has 1 rings (SSSR count). The Balaban J connectivity index is 2.58. The first-order valence-corrected chi connectivity index (χ1v) is 5.60. The number of hydrogen-bond donors (Lipinski definition) is 1. The summed E-state index contributed by atoms with van der Waals surface area (Å²) in [5.74, 6) is -1.18. The number of aromatic nitrogens is 2. The van der Waals surface area contributed by atoms with E-state index < -0.39 is 17.9 Å². The standard InChI is InChI=1S/C11H18N4O3/c1-4-18-11(17)9(12)10(16)14(2)6-8-5-13-15(3)7-8/h5,7,9H,4,6,12H2,1-3H3. The van der Waals surface area contributed by atoms with Gasteiger partial charge in [0, 0.05) is 32.4 Å². The molecular weight excluding hydrogens is 236 g/mol. The number of ether oxygens (including phenoxy) is 1. The Kier molecular flexibility index (Phi) is 4.85. The van der Waals surface area contributed by atoms with E-state index in [1.54, 1.807) is 38.1 Å². The van der Waals surface area contributed by atoms with Gasteiger partial charge in [-0.25, -0.2) is 4.79 Å². The first-order chi connectivity index (χ1) is 8.45. The van der Waals surface area contributed by atoms with Gasteiger partial charge in [0.25, 0.3) is 5.91 Å². The fraction of sp³-hybridized carbons (Fsp3) is 0.545. The molecule has 1 aromatic rings. The third-order valence-electron chi connectivity index (χ3n) is 2.36. The molecule has 1 aromatic heterocycles. The van der Waals surface area contributed by atoms with Gasteiger partial charge in [-0.05, 0) is 6.92 Å². The van der Waals surface area contributed by atoms with Crippen molar-refractivity contribution in [3.8, 4) is 0 Å². The van der Waals surface area contributed by atoms with Crippen LogP contribution in [0.4, 0.5) is 0 Å². The van der Waals surface area contributed by atoms with Crippen molar-refractivity contribution in [2.75, 3.05) is 13.7 Å². The molecule has 1 atom stereocenters. The Morgan fingerprint density at radius 1 is 1.61 bits per heavy atom. The number of nitrogens with two attached hydrogens (primary N) is 1. The van der Waals surface area contributed by atoms with E-state index >= 15 is 0 Å². The summed E-state index contributed by atoms with van der Waals surface area (Å²) in [5, 5.41) is 3.99. The molecule has 0 spiro atoms. The molecule has 7 heteroatoms. The van der Waals surface area contributed by atoms with Gasteiger partial charge in [0.1, 0.15) is 0 Å². The minimum absolute atomic E-state index is 0.201. The van der Waals surface area contributed by atoms with Crippen LogP contribution in [0.25, 0.3) is 0 Å². The van der Waals surface area contributed by atoms with Gasteiger partial charge in [0.15, 0.2) is 6.04 Å². The largest absolute Gasteiger partial charge is 0.464 e. The lowest BCUT2D eigenvalue weighted by atomic mass is 10.2. The fourth-order valence-corrected chi connectivity index (χ4v) is 1.48.